The van der Waals surface area contributed by atoms with E-state index in [-0.39, 0.29) is 11.1 Å². The number of hydrogen-bond donors (Lipinski definition) is 1. The van der Waals surface area contributed by atoms with Crippen molar-refractivity contribution < 1.29 is 9.59 Å². The average Bonchev–Trinajstić information content (AvgIpc) is 3.39. The third-order valence-corrected chi connectivity index (χ3v) is 7.06. The minimum atomic E-state index is -0.367. The van der Waals surface area contributed by atoms with Crippen molar-refractivity contribution in [2.45, 2.75) is 38.5 Å². The predicted molar refractivity (Wildman–Crippen MR) is 127 cm³/mol. The van der Waals surface area contributed by atoms with Crippen LogP contribution in [0.15, 0.2) is 40.4 Å². The third-order valence-electron chi connectivity index (χ3n) is 6.25. The van der Waals surface area contributed by atoms with Crippen molar-refractivity contribution >= 4 is 46.8 Å². The van der Waals surface area contributed by atoms with Gasteiger partial charge in [0.25, 0.3) is 11.1 Å². The van der Waals surface area contributed by atoms with Crippen molar-refractivity contribution in [3.8, 4) is 0 Å². The van der Waals surface area contributed by atoms with Crippen LogP contribution in [0, 0.1) is 5.92 Å². The Morgan fingerprint density at radius 3 is 2.88 bits per heavy atom. The van der Waals surface area contributed by atoms with Crippen molar-refractivity contribution in [1.82, 2.24) is 15.3 Å². The molecule has 1 N–H and O–H groups in total. The molecule has 1 aromatic carbocycles. The van der Waals surface area contributed by atoms with E-state index in [1.807, 2.05) is 6.21 Å². The molecule has 0 saturated carbocycles. The highest BCUT2D eigenvalue weighted by molar-refractivity contribution is 8.18. The zero-order valence-electron chi connectivity index (χ0n) is 17.8. The van der Waals surface area contributed by atoms with Gasteiger partial charge in [0, 0.05) is 31.9 Å². The number of carbonyl (C=O) groups is 2. The molecule has 3 aliphatic heterocycles. The lowest BCUT2D eigenvalue weighted by molar-refractivity contribution is -0.115. The van der Waals surface area contributed by atoms with Crippen molar-refractivity contribution in [3.63, 3.8) is 0 Å². The Labute approximate surface area is 191 Å². The number of rotatable bonds is 6. The Balaban J connectivity index is 1.12. The maximum Gasteiger partial charge on any atom is 0.290 e. The van der Waals surface area contributed by atoms with E-state index in [0.717, 1.165) is 62.1 Å². The number of anilines is 1. The van der Waals surface area contributed by atoms with Crippen molar-refractivity contribution in [1.29, 1.82) is 0 Å². The number of nitrogens with zero attached hydrogens (tertiary/aromatic N) is 4. The molecule has 3 aliphatic rings. The summed E-state index contributed by atoms with van der Waals surface area (Å²) in [6.45, 7) is 1.87. The molecule has 0 radical (unpaired) electrons. The van der Waals surface area contributed by atoms with Crippen LogP contribution in [-0.2, 0) is 17.6 Å². The zero-order valence-corrected chi connectivity index (χ0v) is 18.6. The fourth-order valence-electron chi connectivity index (χ4n) is 4.47. The van der Waals surface area contributed by atoms with E-state index < -0.39 is 0 Å². The van der Waals surface area contributed by atoms with E-state index in [9.17, 15) is 9.59 Å². The largest absolute Gasteiger partial charge is 0.341 e. The molecule has 0 bridgehead atoms. The Bertz CT molecular complexity index is 1110. The molecular weight excluding hydrogens is 422 g/mol. The van der Waals surface area contributed by atoms with Gasteiger partial charge in [0.1, 0.15) is 0 Å². The van der Waals surface area contributed by atoms with Crippen LogP contribution in [0.1, 0.15) is 42.5 Å². The summed E-state index contributed by atoms with van der Waals surface area (Å²) < 4.78 is 0. The SMILES string of the molecule is O=C1NC(=O)/C(=C/c2ccnc(N3CCC(CCCc4ccc5c(c4)N=CC5)CC3)n2)S1. The minimum Gasteiger partial charge on any atom is -0.341 e. The summed E-state index contributed by atoms with van der Waals surface area (Å²) in [5, 5.41) is 1.92. The molecule has 8 heteroatoms. The first-order chi connectivity index (χ1) is 15.6. The Hall–Kier alpha value is -3.00. The van der Waals surface area contributed by atoms with Crippen LogP contribution in [0.25, 0.3) is 6.08 Å². The summed E-state index contributed by atoms with van der Waals surface area (Å²) in [4.78, 5) is 39.2. The van der Waals surface area contributed by atoms with Gasteiger partial charge in [0.15, 0.2) is 0 Å². The first-order valence-electron chi connectivity index (χ1n) is 11.1. The van der Waals surface area contributed by atoms with Gasteiger partial charge < -0.3 is 4.90 Å². The first kappa shape index (κ1) is 20.9. The van der Waals surface area contributed by atoms with Crippen LogP contribution in [-0.4, -0.2) is 40.4 Å². The summed E-state index contributed by atoms with van der Waals surface area (Å²) in [6, 6.07) is 8.46. The van der Waals surface area contributed by atoms with Gasteiger partial charge in [-0.05, 0) is 79.1 Å². The molecule has 2 amide bonds. The normalized spacial score (nSPS) is 19.6. The third kappa shape index (κ3) is 4.75. The van der Waals surface area contributed by atoms with Crippen LogP contribution >= 0.6 is 11.8 Å². The maximum atomic E-state index is 11.8. The Morgan fingerprint density at radius 2 is 2.06 bits per heavy atom. The summed E-state index contributed by atoms with van der Waals surface area (Å²) in [5.41, 5.74) is 4.51. The smallest absolute Gasteiger partial charge is 0.290 e. The summed E-state index contributed by atoms with van der Waals surface area (Å²) >= 11 is 0.903. The van der Waals surface area contributed by atoms with Gasteiger partial charge in [-0.2, -0.15) is 0 Å². The summed E-state index contributed by atoms with van der Waals surface area (Å²) in [5.74, 6) is 1.05. The molecule has 2 saturated heterocycles. The molecular formula is C24H25N5O2S. The van der Waals surface area contributed by atoms with E-state index in [4.69, 9.17) is 0 Å². The number of benzene rings is 1. The Morgan fingerprint density at radius 1 is 1.19 bits per heavy atom. The molecule has 0 atom stereocenters. The van der Waals surface area contributed by atoms with Gasteiger partial charge in [0.05, 0.1) is 16.3 Å². The molecule has 0 spiro atoms. The quantitative estimate of drug-likeness (QED) is 0.665. The summed E-state index contributed by atoms with van der Waals surface area (Å²) in [6.07, 6.45) is 12.1. The number of fused-ring (bicyclic) bond motifs is 1. The second-order valence-electron chi connectivity index (χ2n) is 8.44. The van der Waals surface area contributed by atoms with Crippen LogP contribution in [0.3, 0.4) is 0 Å². The van der Waals surface area contributed by atoms with Gasteiger partial charge in [-0.1, -0.05) is 12.1 Å². The molecule has 32 heavy (non-hydrogen) atoms. The minimum absolute atomic E-state index is 0.345. The fourth-order valence-corrected chi connectivity index (χ4v) is 5.13. The van der Waals surface area contributed by atoms with Crippen LogP contribution in [0.2, 0.25) is 0 Å². The highest BCUT2D eigenvalue weighted by Gasteiger charge is 2.25. The number of carbonyl (C=O) groups excluding carboxylic acids is 2. The predicted octanol–water partition coefficient (Wildman–Crippen LogP) is 4.30. The molecule has 164 valence electrons. The molecule has 2 fully saturated rings. The molecule has 2 aromatic rings. The van der Waals surface area contributed by atoms with Crippen LogP contribution < -0.4 is 10.2 Å². The molecule has 7 nitrogen and oxygen atoms in total. The van der Waals surface area contributed by atoms with E-state index in [1.54, 1.807) is 18.3 Å². The Kier molecular flexibility index (Phi) is 6.03. The van der Waals surface area contributed by atoms with Crippen molar-refractivity contribution in [2.24, 2.45) is 10.9 Å². The lowest BCUT2D eigenvalue weighted by Crippen LogP contribution is -2.35. The first-order valence-corrected chi connectivity index (χ1v) is 11.9. The van der Waals surface area contributed by atoms with Crippen LogP contribution in [0.4, 0.5) is 16.4 Å². The molecule has 0 aliphatic carbocycles. The number of amides is 2. The topological polar surface area (TPSA) is 87.5 Å². The average molecular weight is 448 g/mol. The van der Waals surface area contributed by atoms with Crippen molar-refractivity contribution in [3.05, 3.63) is 52.2 Å². The van der Waals surface area contributed by atoms with E-state index in [2.05, 4.69) is 43.4 Å². The van der Waals surface area contributed by atoms with Gasteiger partial charge >= 0.3 is 0 Å². The monoisotopic (exact) mass is 447 g/mol. The number of aliphatic imine (C=N–C) groups is 1. The molecule has 5 rings (SSSR count). The fraction of sp³-hybridized carbons (Fsp3) is 0.375. The molecule has 4 heterocycles. The second kappa shape index (κ2) is 9.24. The van der Waals surface area contributed by atoms with E-state index in [0.29, 0.717) is 16.5 Å². The lowest BCUT2D eigenvalue weighted by Gasteiger charge is -2.32. The highest BCUT2D eigenvalue weighted by Crippen LogP contribution is 2.29. The van der Waals surface area contributed by atoms with Crippen LogP contribution in [0.5, 0.6) is 0 Å². The maximum absolute atomic E-state index is 11.8. The van der Waals surface area contributed by atoms with Gasteiger partial charge in [-0.15, -0.1) is 0 Å². The highest BCUT2D eigenvalue weighted by atomic mass is 32.2. The molecule has 1 aromatic heterocycles. The van der Waals surface area contributed by atoms with Gasteiger partial charge in [0.2, 0.25) is 5.95 Å². The zero-order chi connectivity index (χ0) is 21.9. The number of imide groups is 1. The standard InChI is InChI=1S/C24H25N5O2S/c30-22-21(32-24(31)28-22)15-19-7-11-26-23(27-19)29-12-8-16(9-13-29)2-1-3-17-4-5-18-6-10-25-20(18)14-17/h4-5,7,10-11,14-16H,1-3,6,8-9,12-13H2,(H,28,30,31)/b21-15-. The van der Waals surface area contributed by atoms with E-state index >= 15 is 0 Å². The second-order valence-corrected chi connectivity index (χ2v) is 9.45. The number of nitrogens with one attached hydrogen (secondary N) is 1. The van der Waals surface area contributed by atoms with E-state index in [1.165, 1.54) is 24.0 Å². The number of piperidine rings is 1. The van der Waals surface area contributed by atoms with Gasteiger partial charge in [-0.25, -0.2) is 9.97 Å². The number of thioether (sulfide) groups is 1. The van der Waals surface area contributed by atoms with Crippen molar-refractivity contribution in [2.75, 3.05) is 18.0 Å². The number of aromatic nitrogens is 2. The number of hydrogen-bond acceptors (Lipinski definition) is 7. The number of aryl methyl sites for hydroxylation is 1. The lowest BCUT2D eigenvalue weighted by atomic mass is 9.90. The summed E-state index contributed by atoms with van der Waals surface area (Å²) in [7, 11) is 0. The van der Waals surface area contributed by atoms with Gasteiger partial charge in [-0.3, -0.25) is 19.9 Å². The molecule has 0 unspecified atom stereocenters.